The Bertz CT molecular complexity index is 1230. The molecule has 216 valence electrons. The third-order valence-corrected chi connectivity index (χ3v) is 23.5. The van der Waals surface area contributed by atoms with Gasteiger partial charge < -0.3 is 8.85 Å². The second kappa shape index (κ2) is 11.3. The third-order valence-electron chi connectivity index (χ3n) is 9.80. The van der Waals surface area contributed by atoms with Gasteiger partial charge in [0.1, 0.15) is 35.4 Å². The molecule has 3 aromatic rings. The van der Waals surface area contributed by atoms with E-state index < -0.39 is 23.9 Å². The second-order valence-electron chi connectivity index (χ2n) is 14.6. The average Bonchev–Trinajstić information content (AvgIpc) is 2.96. The number of benzene rings is 3. The van der Waals surface area contributed by atoms with Crippen molar-refractivity contribution in [3.05, 3.63) is 90.0 Å². The number of hydrogen-bond acceptors (Lipinski definition) is 2. The highest BCUT2D eigenvalue weighted by molar-refractivity contribution is 7.95. The van der Waals surface area contributed by atoms with Gasteiger partial charge in [0.15, 0.2) is 16.6 Å². The Hall–Kier alpha value is -1.56. The SMILES string of the molecule is CCC[P+]1(c2ccccc2)c2ccccc2[C@@H](O[Si](C)(C)C(C)(C)C)[C@H](O[Si](C)(C)C(C)(C)C)c2ccccc21. The third kappa shape index (κ3) is 5.60. The Balaban J connectivity index is 2.13. The van der Waals surface area contributed by atoms with Crippen LogP contribution in [0.4, 0.5) is 0 Å². The molecule has 0 saturated heterocycles. The zero-order valence-electron chi connectivity index (χ0n) is 26.8. The van der Waals surface area contributed by atoms with Crippen LogP contribution in [0, 0.1) is 0 Å². The van der Waals surface area contributed by atoms with Gasteiger partial charge in [-0.3, -0.25) is 0 Å². The molecular formula is C35H52O2PSi2+. The topological polar surface area (TPSA) is 18.5 Å². The summed E-state index contributed by atoms with van der Waals surface area (Å²) in [6.07, 6.45) is 1.93. The minimum absolute atomic E-state index is 0.0877. The van der Waals surface area contributed by atoms with Gasteiger partial charge in [0, 0.05) is 11.1 Å². The monoisotopic (exact) mass is 591 g/mol. The normalized spacial score (nSPS) is 19.5. The molecule has 2 atom stereocenters. The minimum atomic E-state index is -2.16. The van der Waals surface area contributed by atoms with Gasteiger partial charge in [0.25, 0.3) is 0 Å². The molecule has 3 aromatic carbocycles. The highest BCUT2D eigenvalue weighted by Gasteiger charge is 2.55. The smallest absolute Gasteiger partial charge is 0.193 e. The van der Waals surface area contributed by atoms with Crippen LogP contribution in [0.15, 0.2) is 78.9 Å². The summed E-state index contributed by atoms with van der Waals surface area (Å²) in [4.78, 5) is 0. The number of hydrogen-bond donors (Lipinski definition) is 0. The molecule has 0 aromatic heterocycles. The van der Waals surface area contributed by atoms with E-state index in [4.69, 9.17) is 8.85 Å². The van der Waals surface area contributed by atoms with Crippen LogP contribution in [0.25, 0.3) is 0 Å². The fraction of sp³-hybridized carbons (Fsp3) is 0.486. The molecule has 1 aliphatic heterocycles. The van der Waals surface area contributed by atoms with E-state index in [1.165, 1.54) is 27.0 Å². The van der Waals surface area contributed by atoms with Crippen LogP contribution in [0.5, 0.6) is 0 Å². The van der Waals surface area contributed by atoms with Crippen molar-refractivity contribution in [1.29, 1.82) is 0 Å². The summed E-state index contributed by atoms with van der Waals surface area (Å²) in [5, 5.41) is 4.58. The Morgan fingerprint density at radius 1 is 0.600 bits per heavy atom. The van der Waals surface area contributed by atoms with Gasteiger partial charge in [-0.25, -0.2) is 0 Å². The quantitative estimate of drug-likeness (QED) is 0.201. The van der Waals surface area contributed by atoms with E-state index in [2.05, 4.69) is 154 Å². The Kier molecular flexibility index (Phi) is 8.84. The van der Waals surface area contributed by atoms with Crippen molar-refractivity contribution in [1.82, 2.24) is 0 Å². The van der Waals surface area contributed by atoms with Crippen LogP contribution in [0.1, 0.15) is 78.2 Å². The predicted octanol–water partition coefficient (Wildman–Crippen LogP) is 9.53. The van der Waals surface area contributed by atoms with E-state index >= 15 is 0 Å². The molecule has 0 spiro atoms. The van der Waals surface area contributed by atoms with Gasteiger partial charge in [0.05, 0.1) is 6.16 Å². The minimum Gasteiger partial charge on any atom is -0.407 e. The molecule has 0 unspecified atom stereocenters. The fourth-order valence-electron chi connectivity index (χ4n) is 5.51. The average molecular weight is 592 g/mol. The zero-order valence-corrected chi connectivity index (χ0v) is 29.7. The summed E-state index contributed by atoms with van der Waals surface area (Å²) >= 11 is 0. The molecule has 0 bridgehead atoms. The molecule has 2 nitrogen and oxygen atoms in total. The van der Waals surface area contributed by atoms with Crippen LogP contribution in [-0.2, 0) is 8.85 Å². The van der Waals surface area contributed by atoms with Crippen LogP contribution in [-0.4, -0.2) is 22.8 Å². The Morgan fingerprint density at radius 3 is 1.35 bits per heavy atom. The fourth-order valence-corrected chi connectivity index (χ4v) is 12.9. The molecule has 0 saturated carbocycles. The maximum atomic E-state index is 7.54. The summed E-state index contributed by atoms with van der Waals surface area (Å²) in [6, 6.07) is 29.8. The van der Waals surface area contributed by atoms with Gasteiger partial charge >= 0.3 is 0 Å². The molecule has 1 heterocycles. The van der Waals surface area contributed by atoms with Crippen LogP contribution in [0.3, 0.4) is 0 Å². The molecule has 5 heteroatoms. The lowest BCUT2D eigenvalue weighted by Gasteiger charge is -2.45. The number of fused-ring (bicyclic) bond motifs is 2. The van der Waals surface area contributed by atoms with Crippen molar-refractivity contribution >= 4 is 39.8 Å². The first-order chi connectivity index (χ1) is 18.6. The molecule has 0 radical (unpaired) electrons. The van der Waals surface area contributed by atoms with Crippen LogP contribution < -0.4 is 15.9 Å². The zero-order chi connectivity index (χ0) is 29.6. The van der Waals surface area contributed by atoms with Crippen LogP contribution in [0.2, 0.25) is 36.3 Å². The molecular weight excluding hydrogens is 540 g/mol. The van der Waals surface area contributed by atoms with E-state index in [1.807, 2.05) is 0 Å². The van der Waals surface area contributed by atoms with Crippen molar-refractivity contribution in [3.63, 3.8) is 0 Å². The van der Waals surface area contributed by atoms with Crippen molar-refractivity contribution in [2.24, 2.45) is 0 Å². The van der Waals surface area contributed by atoms with E-state index in [0.29, 0.717) is 0 Å². The van der Waals surface area contributed by atoms with Gasteiger partial charge in [0.2, 0.25) is 0 Å². The highest BCUT2D eigenvalue weighted by Crippen LogP contribution is 2.62. The Morgan fingerprint density at radius 2 is 0.975 bits per heavy atom. The maximum Gasteiger partial charge on any atom is 0.193 e. The van der Waals surface area contributed by atoms with E-state index in [-0.39, 0.29) is 22.3 Å². The first-order valence-corrected chi connectivity index (χ1v) is 22.8. The standard InChI is InChI=1S/C35H52O2PSi2/c1-12-26-38(27-20-14-13-15-21-27)30-24-18-16-22-28(30)32(36-39(8,9)34(2,3)4)33(29-23-17-19-25-31(29)38)37-40(10,11)35(5,6)7/h13-25,32-33H,12,26H2,1-11H3/q+1/t32-,33-/m1/s1. The lowest BCUT2D eigenvalue weighted by Crippen LogP contribution is -2.47. The van der Waals surface area contributed by atoms with Crippen molar-refractivity contribution in [2.75, 3.05) is 6.16 Å². The number of rotatable bonds is 7. The van der Waals surface area contributed by atoms with Crippen molar-refractivity contribution < 1.29 is 8.85 Å². The molecule has 0 aliphatic carbocycles. The summed E-state index contributed by atoms with van der Waals surface area (Å²) < 4.78 is 15.1. The molecule has 1 aliphatic rings. The summed E-state index contributed by atoms with van der Waals surface area (Å²) in [5.41, 5.74) is 2.66. The van der Waals surface area contributed by atoms with E-state index in [9.17, 15) is 0 Å². The van der Waals surface area contributed by atoms with E-state index in [1.54, 1.807) is 0 Å². The Labute approximate surface area is 247 Å². The highest BCUT2D eigenvalue weighted by atomic mass is 31.2. The molecule has 4 rings (SSSR count). The maximum absolute atomic E-state index is 7.54. The molecule has 0 amide bonds. The van der Waals surface area contributed by atoms with Gasteiger partial charge in [-0.05, 0) is 67.0 Å². The second-order valence-corrected chi connectivity index (χ2v) is 27.6. The van der Waals surface area contributed by atoms with Crippen LogP contribution >= 0.6 is 7.26 Å². The van der Waals surface area contributed by atoms with Crippen molar-refractivity contribution in [3.8, 4) is 0 Å². The molecule has 40 heavy (non-hydrogen) atoms. The van der Waals surface area contributed by atoms with Gasteiger partial charge in [-0.2, -0.15) is 0 Å². The first kappa shape index (κ1) is 31.4. The van der Waals surface area contributed by atoms with Gasteiger partial charge in [-0.1, -0.05) is 103 Å². The largest absolute Gasteiger partial charge is 0.407 e. The summed E-state index contributed by atoms with van der Waals surface area (Å²) in [6.45, 7) is 26.0. The summed E-state index contributed by atoms with van der Waals surface area (Å²) in [5.74, 6) is 0. The molecule has 0 fully saturated rings. The lowest BCUT2D eigenvalue weighted by atomic mass is 9.98. The summed E-state index contributed by atoms with van der Waals surface area (Å²) in [7, 11) is -6.31. The first-order valence-electron chi connectivity index (χ1n) is 15.0. The lowest BCUT2D eigenvalue weighted by molar-refractivity contribution is 0.0348. The van der Waals surface area contributed by atoms with E-state index in [0.717, 1.165) is 12.6 Å². The predicted molar refractivity (Wildman–Crippen MR) is 182 cm³/mol. The van der Waals surface area contributed by atoms with Crippen molar-refractivity contribution in [2.45, 2.75) is 103 Å². The van der Waals surface area contributed by atoms with Gasteiger partial charge in [-0.15, -0.1) is 0 Å². The molecule has 0 N–H and O–H groups in total.